The zero-order valence-corrected chi connectivity index (χ0v) is 35.3. The number of hydrogen-bond donors (Lipinski definition) is 3. The highest BCUT2D eigenvalue weighted by molar-refractivity contribution is 8.76. The zero-order valence-electron chi connectivity index (χ0n) is 32.9. The van der Waals surface area contributed by atoms with Crippen molar-refractivity contribution < 1.29 is 57.9 Å². The average molecular weight is 842 g/mol. The lowest BCUT2D eigenvalue weighted by atomic mass is 9.83. The van der Waals surface area contributed by atoms with Crippen LogP contribution >= 0.6 is 33.2 Å². The number of anilines is 1. The van der Waals surface area contributed by atoms with Gasteiger partial charge in [0, 0.05) is 51.5 Å². The maximum Gasteiger partial charge on any atom is 0.409 e. The molecular weight excluding hydrogens is 790 g/mol. The van der Waals surface area contributed by atoms with Crippen molar-refractivity contribution in [1.29, 1.82) is 0 Å². The number of fused-ring (bicyclic) bond motifs is 5. The van der Waals surface area contributed by atoms with Crippen LogP contribution in [0.5, 0.6) is 5.75 Å². The van der Waals surface area contributed by atoms with Gasteiger partial charge in [0.25, 0.3) is 0 Å². The molecule has 3 aliphatic rings. The van der Waals surface area contributed by atoms with E-state index in [1.807, 2.05) is 13.0 Å². The Balaban J connectivity index is 1.66. The minimum atomic E-state index is -1.85. The summed E-state index contributed by atoms with van der Waals surface area (Å²) in [6.07, 6.45) is 0.817. The monoisotopic (exact) mass is 841 g/mol. The maximum atomic E-state index is 14.2. The number of halogens is 1. The van der Waals surface area contributed by atoms with Crippen molar-refractivity contribution in [3.05, 3.63) is 46.5 Å². The number of alkyl carbamates (subject to hydrolysis) is 1. The molecule has 0 aliphatic carbocycles. The summed E-state index contributed by atoms with van der Waals surface area (Å²) in [5, 5.41) is 23.3. The number of hydrogen-bond acceptors (Lipinski definition) is 13. The first-order valence-electron chi connectivity index (χ1n) is 18.2. The standard InChI is InChI=1S/C38H52ClN3O12S2/c1-21-10-9-11-28(51-8)38(49)20-27(52-36(48)40-38)22(2)34-37(4,54-34)29(19-31(44)42(6)25-17-24(16-21)18-26(50-7)33(25)39)53-35(47)23(3)41(5)30(43)12-14-55-56-15-13-32(45)46/h9-11,17-18,22-23,27-29,34,49H,12-16,19-20H2,1-8H3,(H,40,48)(H,45,46)/b11-9-,21-10-/t22-,23-,27-,28+,29-,34-,37?,38-/m1/s1. The van der Waals surface area contributed by atoms with Gasteiger partial charge in [0.05, 0.1) is 31.7 Å². The molecule has 3 heterocycles. The first-order chi connectivity index (χ1) is 26.3. The maximum absolute atomic E-state index is 14.2. The van der Waals surface area contributed by atoms with Crippen molar-refractivity contribution in [3.63, 3.8) is 0 Å². The summed E-state index contributed by atoms with van der Waals surface area (Å²) >= 11 is 6.76. The van der Waals surface area contributed by atoms with Gasteiger partial charge in [-0.2, -0.15) is 0 Å². The Kier molecular flexibility index (Phi) is 15.6. The number of carbonyl (C=O) groups is 5. The molecule has 18 heteroatoms. The number of allylic oxidation sites excluding steroid dienone is 3. The Morgan fingerprint density at radius 3 is 2.50 bits per heavy atom. The second kappa shape index (κ2) is 19.3. The van der Waals surface area contributed by atoms with Gasteiger partial charge >= 0.3 is 18.0 Å². The predicted molar refractivity (Wildman–Crippen MR) is 213 cm³/mol. The van der Waals surface area contributed by atoms with Gasteiger partial charge in [-0.15, -0.1) is 0 Å². The molecule has 8 atom stereocenters. The molecule has 310 valence electrons. The Labute approximate surface area is 340 Å². The third kappa shape index (κ3) is 10.9. The van der Waals surface area contributed by atoms with Crippen molar-refractivity contribution >= 4 is 68.7 Å². The highest BCUT2D eigenvalue weighted by Crippen LogP contribution is 2.49. The van der Waals surface area contributed by atoms with E-state index in [-0.39, 0.29) is 36.6 Å². The smallest absolute Gasteiger partial charge is 0.409 e. The van der Waals surface area contributed by atoms with E-state index in [9.17, 15) is 29.1 Å². The Hall–Kier alpha value is -3.48. The fraction of sp³-hybridized carbons (Fsp3) is 0.605. The quantitative estimate of drug-likeness (QED) is 0.113. The fourth-order valence-corrected chi connectivity index (χ4v) is 9.04. The summed E-state index contributed by atoms with van der Waals surface area (Å²) in [6, 6.07) is 2.51. The molecule has 15 nitrogen and oxygen atoms in total. The van der Waals surface area contributed by atoms with Crippen LogP contribution in [0.25, 0.3) is 0 Å². The summed E-state index contributed by atoms with van der Waals surface area (Å²) in [4.78, 5) is 67.2. The molecular formula is C38H52ClN3O12S2. The van der Waals surface area contributed by atoms with Crippen molar-refractivity contribution in [3.8, 4) is 5.75 Å². The van der Waals surface area contributed by atoms with E-state index < -0.39 is 71.6 Å². The number of ether oxygens (including phenoxy) is 5. The first-order valence-corrected chi connectivity index (χ1v) is 21.0. The molecule has 1 aromatic carbocycles. The van der Waals surface area contributed by atoms with Gasteiger partial charge < -0.3 is 43.7 Å². The van der Waals surface area contributed by atoms with Crippen LogP contribution in [0.2, 0.25) is 5.02 Å². The highest BCUT2D eigenvalue weighted by Gasteiger charge is 2.64. The molecule has 3 aliphatic heterocycles. The molecule has 0 aromatic heterocycles. The normalized spacial score (nSPS) is 30.1. The molecule has 56 heavy (non-hydrogen) atoms. The number of amides is 3. The Morgan fingerprint density at radius 1 is 1.18 bits per heavy atom. The molecule has 4 bridgehead atoms. The van der Waals surface area contributed by atoms with Gasteiger partial charge in [0.1, 0.15) is 40.7 Å². The van der Waals surface area contributed by atoms with Gasteiger partial charge in [0.2, 0.25) is 11.8 Å². The number of benzene rings is 1. The van der Waals surface area contributed by atoms with E-state index in [1.54, 1.807) is 45.2 Å². The number of likely N-dealkylation sites (N-methyl/N-ethyl adjacent to an activating group) is 1. The summed E-state index contributed by atoms with van der Waals surface area (Å²) < 4.78 is 29.2. The molecule has 2 fully saturated rings. The van der Waals surface area contributed by atoms with Gasteiger partial charge in [-0.3, -0.25) is 19.7 Å². The third-order valence-electron chi connectivity index (χ3n) is 10.4. The summed E-state index contributed by atoms with van der Waals surface area (Å²) in [7, 11) is 8.66. The van der Waals surface area contributed by atoms with E-state index in [4.69, 9.17) is 40.4 Å². The van der Waals surface area contributed by atoms with E-state index in [2.05, 4.69) is 5.32 Å². The lowest BCUT2D eigenvalue weighted by molar-refractivity contribution is -0.162. The van der Waals surface area contributed by atoms with Crippen LogP contribution in [0, 0.1) is 5.92 Å². The minimum Gasteiger partial charge on any atom is -0.495 e. The number of carboxylic acid groups (broad SMARTS) is 1. The number of methoxy groups -OCH3 is 2. The molecule has 0 radical (unpaired) electrons. The van der Waals surface area contributed by atoms with Crippen LogP contribution in [0.15, 0.2) is 35.9 Å². The van der Waals surface area contributed by atoms with Crippen LogP contribution in [-0.4, -0.2) is 127 Å². The summed E-state index contributed by atoms with van der Waals surface area (Å²) in [5.74, 6) is -1.84. The third-order valence-corrected chi connectivity index (χ3v) is 13.2. The largest absolute Gasteiger partial charge is 0.495 e. The van der Waals surface area contributed by atoms with Crippen molar-refractivity contribution in [2.45, 2.75) is 102 Å². The fourth-order valence-electron chi connectivity index (χ4n) is 6.77. The number of epoxide rings is 1. The van der Waals surface area contributed by atoms with Gasteiger partial charge in [0.15, 0.2) is 5.72 Å². The number of nitrogens with one attached hydrogen (secondary N) is 1. The SMILES string of the molecule is COc1cc2cc(c1Cl)N(C)C(=O)C[C@@H](OC(=O)[C@@H](C)N(C)C(=O)CCSSCCC(=O)O)C1(C)O[C@@H]1[C@H](C)[C@H]1C[C@](O)(NC(=O)O1)[C@@H](OC)/C=C\C=C(\C)C2. The molecule has 4 rings (SSSR count). The van der Waals surface area contributed by atoms with E-state index in [1.165, 1.54) is 59.6 Å². The minimum absolute atomic E-state index is 0.0120. The Morgan fingerprint density at radius 2 is 1.86 bits per heavy atom. The van der Waals surface area contributed by atoms with Crippen LogP contribution in [-0.2, 0) is 44.5 Å². The zero-order chi connectivity index (χ0) is 41.5. The summed E-state index contributed by atoms with van der Waals surface area (Å²) in [6.45, 7) is 6.91. The van der Waals surface area contributed by atoms with E-state index >= 15 is 0 Å². The molecule has 3 amide bonds. The van der Waals surface area contributed by atoms with Gasteiger partial charge in [-0.1, -0.05) is 63.9 Å². The predicted octanol–water partition coefficient (Wildman–Crippen LogP) is 4.76. The highest BCUT2D eigenvalue weighted by atomic mass is 35.5. The first kappa shape index (κ1) is 45.2. The van der Waals surface area contributed by atoms with Gasteiger partial charge in [-0.25, -0.2) is 9.59 Å². The number of rotatable bonds is 12. The average Bonchev–Trinajstić information content (AvgIpc) is 3.84. The van der Waals surface area contributed by atoms with Crippen molar-refractivity contribution in [2.75, 3.05) is 44.7 Å². The second-order valence-corrected chi connectivity index (χ2v) is 17.5. The van der Waals surface area contributed by atoms with E-state index in [0.717, 1.165) is 11.1 Å². The number of carboxylic acids is 1. The topological polar surface area (TPSA) is 194 Å². The number of esters is 1. The molecule has 0 spiro atoms. The number of carbonyl (C=O) groups excluding carboxylic acids is 4. The van der Waals surface area contributed by atoms with Crippen LogP contribution < -0.4 is 15.0 Å². The van der Waals surface area contributed by atoms with Gasteiger partial charge in [-0.05, 0) is 44.9 Å². The lowest BCUT2D eigenvalue weighted by Crippen LogP contribution is -2.63. The summed E-state index contributed by atoms with van der Waals surface area (Å²) in [5.41, 5.74) is -1.02. The molecule has 1 aromatic rings. The molecule has 3 N–H and O–H groups in total. The van der Waals surface area contributed by atoms with E-state index in [0.29, 0.717) is 29.4 Å². The van der Waals surface area contributed by atoms with Crippen molar-refractivity contribution in [1.82, 2.24) is 10.2 Å². The number of nitrogens with zero attached hydrogens (tertiary/aromatic N) is 2. The number of aliphatic carboxylic acids is 1. The van der Waals surface area contributed by atoms with Crippen LogP contribution in [0.3, 0.4) is 0 Å². The van der Waals surface area contributed by atoms with Crippen LogP contribution in [0.1, 0.15) is 58.9 Å². The van der Waals surface area contributed by atoms with Crippen LogP contribution in [0.4, 0.5) is 10.5 Å². The second-order valence-electron chi connectivity index (χ2n) is 14.4. The molecule has 1 unspecified atom stereocenters. The Bertz CT molecular complexity index is 1710. The molecule has 2 saturated heterocycles. The molecule has 0 saturated carbocycles. The lowest BCUT2D eigenvalue weighted by Gasteiger charge is -2.42. The number of aliphatic hydroxyl groups is 1. The van der Waals surface area contributed by atoms with Crippen molar-refractivity contribution in [2.24, 2.45) is 5.92 Å².